The van der Waals surface area contributed by atoms with Crippen LogP contribution in [0.15, 0.2) is 35.3 Å². The zero-order valence-electron chi connectivity index (χ0n) is 21.2. The lowest BCUT2D eigenvalue weighted by molar-refractivity contribution is -0.145. The van der Waals surface area contributed by atoms with Crippen molar-refractivity contribution in [3.05, 3.63) is 63.5 Å². The van der Waals surface area contributed by atoms with Gasteiger partial charge in [-0.25, -0.2) is 19.0 Å². The van der Waals surface area contributed by atoms with Crippen LogP contribution in [0.25, 0.3) is 5.65 Å². The van der Waals surface area contributed by atoms with Crippen molar-refractivity contribution in [2.45, 2.75) is 84.0 Å². The number of carbonyl (C=O) groups is 1. The van der Waals surface area contributed by atoms with Crippen LogP contribution in [0.4, 0.5) is 0 Å². The lowest BCUT2D eigenvalue weighted by atomic mass is 9.96. The van der Waals surface area contributed by atoms with Crippen molar-refractivity contribution in [2.24, 2.45) is 0 Å². The molecule has 8 heteroatoms. The van der Waals surface area contributed by atoms with Gasteiger partial charge in [0.2, 0.25) is 0 Å². The van der Waals surface area contributed by atoms with Crippen molar-refractivity contribution in [3.8, 4) is 5.75 Å². The molecular weight excluding hydrogens is 446 g/mol. The van der Waals surface area contributed by atoms with E-state index in [0.717, 1.165) is 48.3 Å². The quantitative estimate of drug-likeness (QED) is 0.506. The number of hydrogen-bond donors (Lipinski definition) is 1. The first-order valence-corrected chi connectivity index (χ1v) is 12.3. The van der Waals surface area contributed by atoms with Crippen LogP contribution in [-0.4, -0.2) is 38.2 Å². The normalized spacial score (nSPS) is 15.9. The summed E-state index contributed by atoms with van der Waals surface area (Å²) in [6.07, 6.45) is 7.39. The van der Waals surface area contributed by atoms with Crippen LogP contribution >= 0.6 is 0 Å². The smallest absolute Gasteiger partial charge is 0.335 e. The zero-order chi connectivity index (χ0) is 25.3. The summed E-state index contributed by atoms with van der Waals surface area (Å²) in [6.45, 7) is 6.74. The Morgan fingerprint density at radius 3 is 2.54 bits per heavy atom. The maximum Gasteiger partial charge on any atom is 0.335 e. The van der Waals surface area contributed by atoms with E-state index in [4.69, 9.17) is 14.5 Å². The van der Waals surface area contributed by atoms with Gasteiger partial charge in [-0.15, -0.1) is 0 Å². The molecule has 35 heavy (non-hydrogen) atoms. The number of nitrogens with zero attached hydrogens (tertiary/aromatic N) is 3. The number of carboxylic acid groups (broad SMARTS) is 1. The minimum absolute atomic E-state index is 0.138. The molecule has 1 N–H and O–H groups in total. The van der Waals surface area contributed by atoms with Crippen molar-refractivity contribution >= 4 is 11.6 Å². The molecule has 3 aromatic rings. The number of aromatic nitrogens is 3. The minimum Gasteiger partial charge on any atom is -0.496 e. The molecule has 0 amide bonds. The molecule has 2 heterocycles. The van der Waals surface area contributed by atoms with Crippen LogP contribution in [0.2, 0.25) is 0 Å². The van der Waals surface area contributed by atoms with E-state index in [9.17, 15) is 14.7 Å². The third-order valence-electron chi connectivity index (χ3n) is 7.24. The standard InChI is InChI=1S/C27H35N3O5/c1-17-18(2)30-24(28-17)19(16-29(26(30)33)27(3,4)25(31)32)15-23(35-20-11-7-6-8-12-20)21-13-9-10-14-22(21)34-5/h9-10,13-14,16,20,23H,6-8,11-12,15H2,1-5H3,(H,31,32)/t23-/m0/s1. The number of imidazole rings is 1. The van der Waals surface area contributed by atoms with Gasteiger partial charge in [0.15, 0.2) is 0 Å². The third-order valence-corrected chi connectivity index (χ3v) is 7.24. The van der Waals surface area contributed by atoms with Gasteiger partial charge in [0, 0.05) is 29.4 Å². The number of aliphatic carboxylic acids is 1. The van der Waals surface area contributed by atoms with E-state index >= 15 is 0 Å². The molecule has 1 aliphatic carbocycles. The number of para-hydroxylation sites is 1. The number of rotatable bonds is 8. The summed E-state index contributed by atoms with van der Waals surface area (Å²) in [4.78, 5) is 30.2. The highest BCUT2D eigenvalue weighted by atomic mass is 16.5. The summed E-state index contributed by atoms with van der Waals surface area (Å²) < 4.78 is 15.2. The molecule has 1 fully saturated rings. The van der Waals surface area contributed by atoms with E-state index in [-0.39, 0.29) is 12.2 Å². The number of carboxylic acids is 1. The predicted octanol–water partition coefficient (Wildman–Crippen LogP) is 4.57. The van der Waals surface area contributed by atoms with Crippen molar-refractivity contribution in [1.82, 2.24) is 14.0 Å². The topological polar surface area (TPSA) is 95.1 Å². The van der Waals surface area contributed by atoms with Crippen LogP contribution < -0.4 is 10.4 Å². The maximum atomic E-state index is 13.4. The number of methoxy groups -OCH3 is 1. The molecule has 0 radical (unpaired) electrons. The second-order valence-corrected chi connectivity index (χ2v) is 9.94. The van der Waals surface area contributed by atoms with Crippen LogP contribution in [0.3, 0.4) is 0 Å². The van der Waals surface area contributed by atoms with Crippen molar-refractivity contribution in [2.75, 3.05) is 7.11 Å². The highest BCUT2D eigenvalue weighted by molar-refractivity contribution is 5.75. The Bertz CT molecular complexity index is 1280. The van der Waals surface area contributed by atoms with E-state index in [1.165, 1.54) is 29.2 Å². The van der Waals surface area contributed by atoms with Crippen LogP contribution in [-0.2, 0) is 21.5 Å². The first-order valence-electron chi connectivity index (χ1n) is 12.3. The molecule has 1 saturated carbocycles. The molecular formula is C27H35N3O5. The van der Waals surface area contributed by atoms with Gasteiger partial charge >= 0.3 is 11.7 Å². The highest BCUT2D eigenvalue weighted by Gasteiger charge is 2.33. The van der Waals surface area contributed by atoms with Gasteiger partial charge in [0.05, 0.1) is 25.0 Å². The fourth-order valence-electron chi connectivity index (χ4n) is 4.88. The number of benzene rings is 1. The second kappa shape index (κ2) is 9.85. The largest absolute Gasteiger partial charge is 0.496 e. The highest BCUT2D eigenvalue weighted by Crippen LogP contribution is 2.35. The molecule has 2 aromatic heterocycles. The van der Waals surface area contributed by atoms with E-state index in [1.54, 1.807) is 13.3 Å². The van der Waals surface area contributed by atoms with Crippen LogP contribution in [0, 0.1) is 13.8 Å². The SMILES string of the molecule is COc1ccccc1[C@H](Cc1cn(C(C)(C)C(=O)O)c(=O)n2c(C)c(C)nc12)OC1CCCCC1. The van der Waals surface area contributed by atoms with Gasteiger partial charge < -0.3 is 14.6 Å². The fraction of sp³-hybridized carbons (Fsp3) is 0.519. The molecule has 0 spiro atoms. The number of ether oxygens (including phenoxy) is 2. The Balaban J connectivity index is 1.87. The number of hydrogen-bond acceptors (Lipinski definition) is 5. The number of aryl methyl sites for hydroxylation is 2. The van der Waals surface area contributed by atoms with Crippen LogP contribution in [0.5, 0.6) is 5.75 Å². The van der Waals surface area contributed by atoms with Crippen molar-refractivity contribution in [1.29, 1.82) is 0 Å². The summed E-state index contributed by atoms with van der Waals surface area (Å²) in [7, 11) is 1.64. The van der Waals surface area contributed by atoms with Gasteiger partial charge in [0.25, 0.3) is 0 Å². The molecule has 0 unspecified atom stereocenters. The summed E-state index contributed by atoms with van der Waals surface area (Å²) in [5.41, 5.74) is 1.79. The molecule has 0 aliphatic heterocycles. The van der Waals surface area contributed by atoms with Gasteiger partial charge in [-0.3, -0.25) is 4.57 Å². The Morgan fingerprint density at radius 2 is 1.89 bits per heavy atom. The molecule has 1 atom stereocenters. The zero-order valence-corrected chi connectivity index (χ0v) is 21.2. The van der Waals surface area contributed by atoms with Crippen molar-refractivity contribution < 1.29 is 19.4 Å². The molecule has 1 aliphatic rings. The predicted molar refractivity (Wildman–Crippen MR) is 133 cm³/mol. The fourth-order valence-corrected chi connectivity index (χ4v) is 4.88. The summed E-state index contributed by atoms with van der Waals surface area (Å²) in [5, 5.41) is 9.88. The summed E-state index contributed by atoms with van der Waals surface area (Å²) >= 11 is 0. The third kappa shape index (κ3) is 4.72. The van der Waals surface area contributed by atoms with Crippen molar-refractivity contribution in [3.63, 3.8) is 0 Å². The van der Waals surface area contributed by atoms with Gasteiger partial charge in [-0.1, -0.05) is 37.5 Å². The second-order valence-electron chi connectivity index (χ2n) is 9.94. The molecule has 4 rings (SSSR count). The van der Waals surface area contributed by atoms with Gasteiger partial charge in [-0.05, 0) is 46.6 Å². The monoisotopic (exact) mass is 481 g/mol. The Kier molecular flexibility index (Phi) is 7.03. The molecule has 0 saturated heterocycles. The van der Waals surface area contributed by atoms with E-state index in [1.807, 2.05) is 38.1 Å². The Labute approximate surface area is 205 Å². The molecule has 0 bridgehead atoms. The number of fused-ring (bicyclic) bond motifs is 1. The summed E-state index contributed by atoms with van der Waals surface area (Å²) in [6, 6.07) is 7.81. The first kappa shape index (κ1) is 25.0. The lowest BCUT2D eigenvalue weighted by Gasteiger charge is -2.29. The Hall–Kier alpha value is -3.13. The van der Waals surface area contributed by atoms with Gasteiger partial charge in [-0.2, -0.15) is 0 Å². The summed E-state index contributed by atoms with van der Waals surface area (Å²) in [5.74, 6) is -0.349. The average molecular weight is 482 g/mol. The maximum absolute atomic E-state index is 13.4. The Morgan fingerprint density at radius 1 is 1.20 bits per heavy atom. The van der Waals surface area contributed by atoms with Gasteiger partial charge in [0.1, 0.15) is 16.9 Å². The molecule has 8 nitrogen and oxygen atoms in total. The van der Waals surface area contributed by atoms with Crippen LogP contribution in [0.1, 0.15) is 74.6 Å². The lowest BCUT2D eigenvalue weighted by Crippen LogP contribution is -2.45. The average Bonchev–Trinajstić information content (AvgIpc) is 3.15. The van der Waals surface area contributed by atoms with E-state index < -0.39 is 17.2 Å². The molecule has 188 valence electrons. The first-order chi connectivity index (χ1) is 16.6. The minimum atomic E-state index is -1.44. The van der Waals surface area contributed by atoms with E-state index in [0.29, 0.717) is 17.8 Å². The van der Waals surface area contributed by atoms with E-state index in [2.05, 4.69) is 0 Å². The molecule has 1 aromatic carbocycles.